The molecule has 18 heavy (non-hydrogen) atoms. The van der Waals surface area contributed by atoms with Crippen molar-refractivity contribution in [3.05, 3.63) is 17.0 Å². The van der Waals surface area contributed by atoms with Crippen LogP contribution in [-0.4, -0.2) is 35.7 Å². The van der Waals surface area contributed by atoms with E-state index >= 15 is 0 Å². The van der Waals surface area contributed by atoms with Crippen LogP contribution in [0, 0.1) is 19.8 Å². The van der Waals surface area contributed by atoms with E-state index in [9.17, 15) is 0 Å². The van der Waals surface area contributed by atoms with E-state index in [0.717, 1.165) is 37.6 Å². The SMILES string of the molecule is CCNC1CCN(Cc2c(C)noc2C)CC1C. The minimum atomic E-state index is 0.677. The molecule has 1 aliphatic rings. The lowest BCUT2D eigenvalue weighted by Crippen LogP contribution is -2.47. The van der Waals surface area contributed by atoms with Crippen LogP contribution in [0.15, 0.2) is 4.52 Å². The minimum Gasteiger partial charge on any atom is -0.361 e. The number of rotatable bonds is 4. The van der Waals surface area contributed by atoms with Gasteiger partial charge in [0.05, 0.1) is 5.69 Å². The zero-order chi connectivity index (χ0) is 13.1. The Morgan fingerprint density at radius 1 is 1.44 bits per heavy atom. The van der Waals surface area contributed by atoms with Crippen molar-refractivity contribution in [3.63, 3.8) is 0 Å². The second-order valence-corrected chi connectivity index (χ2v) is 5.47. The topological polar surface area (TPSA) is 41.3 Å². The molecule has 2 unspecified atom stereocenters. The van der Waals surface area contributed by atoms with Crippen molar-refractivity contribution in [3.8, 4) is 0 Å². The number of nitrogens with one attached hydrogen (secondary N) is 1. The fourth-order valence-electron chi connectivity index (χ4n) is 2.89. The molecule has 2 atom stereocenters. The summed E-state index contributed by atoms with van der Waals surface area (Å²) in [5, 5.41) is 7.61. The second kappa shape index (κ2) is 5.85. The molecule has 102 valence electrons. The average molecular weight is 251 g/mol. The Bertz CT molecular complexity index is 369. The van der Waals surface area contributed by atoms with Crippen LogP contribution in [0.4, 0.5) is 0 Å². The first-order valence-electron chi connectivity index (χ1n) is 6.99. The number of aryl methyl sites for hydroxylation is 2. The molecule has 1 aliphatic heterocycles. The molecule has 4 nitrogen and oxygen atoms in total. The highest BCUT2D eigenvalue weighted by Gasteiger charge is 2.26. The first kappa shape index (κ1) is 13.6. The zero-order valence-corrected chi connectivity index (χ0v) is 12.0. The molecule has 0 aliphatic carbocycles. The summed E-state index contributed by atoms with van der Waals surface area (Å²) in [6.45, 7) is 12.9. The van der Waals surface area contributed by atoms with Gasteiger partial charge in [0.1, 0.15) is 5.76 Å². The van der Waals surface area contributed by atoms with Crippen LogP contribution in [0.2, 0.25) is 0 Å². The molecule has 1 aromatic rings. The van der Waals surface area contributed by atoms with E-state index in [2.05, 4.69) is 29.2 Å². The lowest BCUT2D eigenvalue weighted by molar-refractivity contribution is 0.141. The number of hydrogen-bond donors (Lipinski definition) is 1. The third-order valence-corrected chi connectivity index (χ3v) is 4.02. The van der Waals surface area contributed by atoms with Gasteiger partial charge < -0.3 is 9.84 Å². The summed E-state index contributed by atoms with van der Waals surface area (Å²) in [7, 11) is 0. The van der Waals surface area contributed by atoms with Crippen molar-refractivity contribution in [2.45, 2.75) is 46.7 Å². The molecule has 0 aromatic carbocycles. The van der Waals surface area contributed by atoms with Crippen LogP contribution in [-0.2, 0) is 6.54 Å². The highest BCUT2D eigenvalue weighted by molar-refractivity contribution is 5.20. The van der Waals surface area contributed by atoms with Crippen LogP contribution in [0.3, 0.4) is 0 Å². The molecule has 0 amide bonds. The summed E-state index contributed by atoms with van der Waals surface area (Å²) >= 11 is 0. The Hall–Kier alpha value is -0.870. The molecule has 0 radical (unpaired) electrons. The van der Waals surface area contributed by atoms with Crippen molar-refractivity contribution in [1.82, 2.24) is 15.4 Å². The number of likely N-dealkylation sites (tertiary alicyclic amines) is 1. The summed E-state index contributed by atoms with van der Waals surface area (Å²) in [5.41, 5.74) is 2.30. The average Bonchev–Trinajstić information content (AvgIpc) is 2.65. The molecule has 4 heteroatoms. The molecule has 0 bridgehead atoms. The van der Waals surface area contributed by atoms with Crippen molar-refractivity contribution < 1.29 is 4.52 Å². The second-order valence-electron chi connectivity index (χ2n) is 5.47. The van der Waals surface area contributed by atoms with E-state index in [1.54, 1.807) is 0 Å². The Kier molecular flexibility index (Phi) is 4.40. The van der Waals surface area contributed by atoms with E-state index in [4.69, 9.17) is 4.52 Å². The molecular weight excluding hydrogens is 226 g/mol. The van der Waals surface area contributed by atoms with Gasteiger partial charge in [0, 0.05) is 24.7 Å². The van der Waals surface area contributed by atoms with Crippen LogP contribution >= 0.6 is 0 Å². The largest absolute Gasteiger partial charge is 0.361 e. The van der Waals surface area contributed by atoms with Gasteiger partial charge in [-0.15, -0.1) is 0 Å². The molecule has 2 heterocycles. The maximum Gasteiger partial charge on any atom is 0.138 e. The van der Waals surface area contributed by atoms with Crippen LogP contribution in [0.5, 0.6) is 0 Å². The van der Waals surface area contributed by atoms with Crippen LogP contribution in [0.1, 0.15) is 37.3 Å². The predicted molar refractivity (Wildman–Crippen MR) is 72.5 cm³/mol. The quantitative estimate of drug-likeness (QED) is 0.890. The van der Waals surface area contributed by atoms with Gasteiger partial charge in [-0.3, -0.25) is 4.90 Å². The van der Waals surface area contributed by atoms with Gasteiger partial charge >= 0.3 is 0 Å². The number of nitrogens with zero attached hydrogens (tertiary/aromatic N) is 2. The molecular formula is C14H25N3O. The monoisotopic (exact) mass is 251 g/mol. The van der Waals surface area contributed by atoms with Gasteiger partial charge in [-0.05, 0) is 39.3 Å². The summed E-state index contributed by atoms with van der Waals surface area (Å²) in [6, 6.07) is 0.677. The van der Waals surface area contributed by atoms with Gasteiger partial charge in [-0.1, -0.05) is 19.0 Å². The van der Waals surface area contributed by atoms with Crippen molar-refractivity contribution in [2.24, 2.45) is 5.92 Å². The molecule has 1 fully saturated rings. The molecule has 1 aromatic heterocycles. The standard InChI is InChI=1S/C14H25N3O/c1-5-15-14-6-7-17(8-10(14)2)9-13-11(3)16-18-12(13)4/h10,14-15H,5-9H2,1-4H3. The number of piperidine rings is 1. The Morgan fingerprint density at radius 3 is 2.78 bits per heavy atom. The fraction of sp³-hybridized carbons (Fsp3) is 0.786. The normalized spacial score (nSPS) is 25.6. The van der Waals surface area contributed by atoms with Gasteiger partial charge in [0.15, 0.2) is 0 Å². The van der Waals surface area contributed by atoms with Crippen molar-refractivity contribution in [2.75, 3.05) is 19.6 Å². The molecule has 0 spiro atoms. The first-order valence-corrected chi connectivity index (χ1v) is 6.99. The maximum atomic E-state index is 5.23. The van der Waals surface area contributed by atoms with Crippen LogP contribution < -0.4 is 5.32 Å². The Balaban J connectivity index is 1.93. The third-order valence-electron chi connectivity index (χ3n) is 4.02. The maximum absolute atomic E-state index is 5.23. The highest BCUT2D eigenvalue weighted by atomic mass is 16.5. The van der Waals surface area contributed by atoms with Gasteiger partial charge in [0.2, 0.25) is 0 Å². The van der Waals surface area contributed by atoms with Crippen molar-refractivity contribution >= 4 is 0 Å². The summed E-state index contributed by atoms with van der Waals surface area (Å²) in [4.78, 5) is 2.52. The third kappa shape index (κ3) is 2.93. The van der Waals surface area contributed by atoms with Crippen molar-refractivity contribution in [1.29, 1.82) is 0 Å². The zero-order valence-electron chi connectivity index (χ0n) is 12.0. The predicted octanol–water partition coefficient (Wildman–Crippen LogP) is 2.11. The van der Waals surface area contributed by atoms with E-state index in [0.29, 0.717) is 12.0 Å². The van der Waals surface area contributed by atoms with E-state index in [1.807, 2.05) is 13.8 Å². The Labute approximate surface area is 110 Å². The van der Waals surface area contributed by atoms with Gasteiger partial charge in [-0.25, -0.2) is 0 Å². The van der Waals surface area contributed by atoms with Crippen LogP contribution in [0.25, 0.3) is 0 Å². The van der Waals surface area contributed by atoms with E-state index < -0.39 is 0 Å². The molecule has 1 N–H and O–H groups in total. The smallest absolute Gasteiger partial charge is 0.138 e. The lowest BCUT2D eigenvalue weighted by atomic mass is 9.93. The molecule has 2 rings (SSSR count). The minimum absolute atomic E-state index is 0.677. The van der Waals surface area contributed by atoms with E-state index in [-0.39, 0.29) is 0 Å². The van der Waals surface area contributed by atoms with E-state index in [1.165, 1.54) is 12.0 Å². The lowest BCUT2D eigenvalue weighted by Gasteiger charge is -2.37. The Morgan fingerprint density at radius 2 is 2.22 bits per heavy atom. The highest BCUT2D eigenvalue weighted by Crippen LogP contribution is 2.21. The first-order chi connectivity index (χ1) is 8.61. The summed E-state index contributed by atoms with van der Waals surface area (Å²) in [5.74, 6) is 1.67. The summed E-state index contributed by atoms with van der Waals surface area (Å²) in [6.07, 6.45) is 1.23. The number of hydrogen-bond acceptors (Lipinski definition) is 4. The summed E-state index contributed by atoms with van der Waals surface area (Å²) < 4.78 is 5.23. The number of aromatic nitrogens is 1. The molecule has 1 saturated heterocycles. The fourth-order valence-corrected chi connectivity index (χ4v) is 2.89. The van der Waals surface area contributed by atoms with Gasteiger partial charge in [0.25, 0.3) is 0 Å². The molecule has 0 saturated carbocycles. The van der Waals surface area contributed by atoms with Gasteiger partial charge in [-0.2, -0.15) is 0 Å².